The van der Waals surface area contributed by atoms with E-state index in [1.54, 1.807) is 6.20 Å². The van der Waals surface area contributed by atoms with Gasteiger partial charge in [-0.25, -0.2) is 0 Å². The van der Waals surface area contributed by atoms with Crippen LogP contribution in [0.25, 0.3) is 0 Å². The molecule has 0 aliphatic rings. The summed E-state index contributed by atoms with van der Waals surface area (Å²) in [5, 5.41) is 7.08. The monoisotopic (exact) mass is 216 g/mol. The zero-order valence-corrected chi connectivity index (χ0v) is 9.60. The van der Waals surface area contributed by atoms with Gasteiger partial charge in [0.2, 0.25) is 0 Å². The van der Waals surface area contributed by atoms with Crippen LogP contribution in [0.3, 0.4) is 0 Å². The molecule has 3 heteroatoms. The first-order chi connectivity index (χ1) is 7.77. The molecule has 0 bridgehead atoms. The number of hydrogen-bond acceptors (Lipinski definition) is 3. The fourth-order valence-corrected chi connectivity index (χ4v) is 1.77. The molecular formula is C13H16N2O. The van der Waals surface area contributed by atoms with E-state index in [0.29, 0.717) is 12.6 Å². The van der Waals surface area contributed by atoms with Crippen molar-refractivity contribution < 1.29 is 4.52 Å². The molecular weight excluding hydrogens is 200 g/mol. The number of aromatic nitrogens is 1. The van der Waals surface area contributed by atoms with E-state index in [9.17, 15) is 0 Å². The van der Waals surface area contributed by atoms with E-state index in [4.69, 9.17) is 4.52 Å². The summed E-state index contributed by atoms with van der Waals surface area (Å²) in [7, 11) is 0. The Morgan fingerprint density at radius 2 is 2.12 bits per heavy atom. The minimum absolute atomic E-state index is 0.311. The van der Waals surface area contributed by atoms with E-state index in [1.807, 2.05) is 6.07 Å². The van der Waals surface area contributed by atoms with Crippen molar-refractivity contribution in [1.82, 2.24) is 10.5 Å². The highest BCUT2D eigenvalue weighted by Gasteiger charge is 2.07. The van der Waals surface area contributed by atoms with Crippen LogP contribution >= 0.6 is 0 Å². The third-order valence-corrected chi connectivity index (χ3v) is 2.73. The molecule has 1 heterocycles. The highest BCUT2D eigenvalue weighted by Crippen LogP contribution is 2.16. The summed E-state index contributed by atoms with van der Waals surface area (Å²) in [4.78, 5) is 0. The van der Waals surface area contributed by atoms with Crippen molar-refractivity contribution in [2.45, 2.75) is 26.4 Å². The minimum atomic E-state index is 0.311. The first-order valence-corrected chi connectivity index (χ1v) is 5.46. The van der Waals surface area contributed by atoms with Crippen LogP contribution in [-0.2, 0) is 6.54 Å². The maximum absolute atomic E-state index is 5.04. The Labute approximate surface area is 95.5 Å². The third kappa shape index (κ3) is 2.49. The standard InChI is InChI=1S/C13H16N2O/c1-10-5-3-4-6-13(10)11(2)14-9-12-7-8-15-16-12/h3-8,11,14H,9H2,1-2H3. The van der Waals surface area contributed by atoms with Crippen molar-refractivity contribution in [2.75, 3.05) is 0 Å². The molecule has 0 radical (unpaired) electrons. The number of nitrogens with one attached hydrogen (secondary N) is 1. The topological polar surface area (TPSA) is 38.1 Å². The van der Waals surface area contributed by atoms with Gasteiger partial charge >= 0.3 is 0 Å². The van der Waals surface area contributed by atoms with Crippen molar-refractivity contribution in [3.8, 4) is 0 Å². The van der Waals surface area contributed by atoms with Crippen molar-refractivity contribution in [1.29, 1.82) is 0 Å². The Bertz CT molecular complexity index is 437. The van der Waals surface area contributed by atoms with Gasteiger partial charge in [-0.05, 0) is 25.0 Å². The van der Waals surface area contributed by atoms with E-state index in [0.717, 1.165) is 5.76 Å². The van der Waals surface area contributed by atoms with E-state index in [-0.39, 0.29) is 0 Å². The molecule has 1 unspecified atom stereocenters. The predicted octanol–water partition coefficient (Wildman–Crippen LogP) is 2.83. The van der Waals surface area contributed by atoms with E-state index >= 15 is 0 Å². The van der Waals surface area contributed by atoms with Gasteiger partial charge in [0.25, 0.3) is 0 Å². The van der Waals surface area contributed by atoms with E-state index in [1.165, 1.54) is 11.1 Å². The Morgan fingerprint density at radius 1 is 1.31 bits per heavy atom. The maximum atomic E-state index is 5.04. The fraction of sp³-hybridized carbons (Fsp3) is 0.308. The van der Waals surface area contributed by atoms with Gasteiger partial charge < -0.3 is 9.84 Å². The molecule has 2 aromatic rings. The number of hydrogen-bond donors (Lipinski definition) is 1. The molecule has 16 heavy (non-hydrogen) atoms. The molecule has 0 saturated heterocycles. The number of nitrogens with zero attached hydrogens (tertiary/aromatic N) is 1. The van der Waals surface area contributed by atoms with Gasteiger partial charge in [0, 0.05) is 12.1 Å². The van der Waals surface area contributed by atoms with Crippen LogP contribution in [-0.4, -0.2) is 5.16 Å². The first-order valence-electron chi connectivity index (χ1n) is 5.46. The smallest absolute Gasteiger partial charge is 0.150 e. The predicted molar refractivity (Wildman–Crippen MR) is 62.9 cm³/mol. The van der Waals surface area contributed by atoms with Gasteiger partial charge in [0.1, 0.15) is 5.76 Å². The van der Waals surface area contributed by atoms with Crippen molar-refractivity contribution in [3.05, 3.63) is 53.4 Å². The fourth-order valence-electron chi connectivity index (χ4n) is 1.77. The summed E-state index contributed by atoms with van der Waals surface area (Å²) in [5.41, 5.74) is 2.63. The van der Waals surface area contributed by atoms with Gasteiger partial charge in [0.15, 0.2) is 0 Å². The van der Waals surface area contributed by atoms with Crippen LogP contribution in [0.4, 0.5) is 0 Å². The quantitative estimate of drug-likeness (QED) is 0.854. The molecule has 1 atom stereocenters. The molecule has 0 saturated carbocycles. The Hall–Kier alpha value is -1.61. The third-order valence-electron chi connectivity index (χ3n) is 2.73. The Kier molecular flexibility index (Phi) is 3.37. The van der Waals surface area contributed by atoms with Gasteiger partial charge in [-0.2, -0.15) is 0 Å². The van der Waals surface area contributed by atoms with Crippen LogP contribution < -0.4 is 5.32 Å². The average Bonchev–Trinajstić information content (AvgIpc) is 2.79. The van der Waals surface area contributed by atoms with Gasteiger partial charge in [-0.3, -0.25) is 0 Å². The molecule has 1 N–H and O–H groups in total. The largest absolute Gasteiger partial charge is 0.360 e. The van der Waals surface area contributed by atoms with E-state index in [2.05, 4.69) is 48.6 Å². The molecule has 3 nitrogen and oxygen atoms in total. The lowest BCUT2D eigenvalue weighted by atomic mass is 10.0. The molecule has 0 aliphatic carbocycles. The highest BCUT2D eigenvalue weighted by atomic mass is 16.5. The number of aryl methyl sites for hydroxylation is 1. The summed E-state index contributed by atoms with van der Waals surface area (Å²) in [6.07, 6.45) is 1.66. The molecule has 1 aromatic heterocycles. The van der Waals surface area contributed by atoms with Crippen molar-refractivity contribution >= 4 is 0 Å². The summed E-state index contributed by atoms with van der Waals surface area (Å²) in [5.74, 6) is 0.862. The molecule has 84 valence electrons. The zero-order chi connectivity index (χ0) is 11.4. The van der Waals surface area contributed by atoms with Gasteiger partial charge in [-0.15, -0.1) is 0 Å². The van der Waals surface area contributed by atoms with Crippen LogP contribution in [0.2, 0.25) is 0 Å². The average molecular weight is 216 g/mol. The number of benzene rings is 1. The first kappa shape index (κ1) is 10.9. The van der Waals surface area contributed by atoms with Crippen LogP contribution in [0, 0.1) is 6.92 Å². The van der Waals surface area contributed by atoms with Gasteiger partial charge in [-0.1, -0.05) is 29.4 Å². The van der Waals surface area contributed by atoms with E-state index < -0.39 is 0 Å². The second-order valence-electron chi connectivity index (χ2n) is 3.94. The zero-order valence-electron chi connectivity index (χ0n) is 9.60. The molecule has 0 spiro atoms. The molecule has 0 aliphatic heterocycles. The molecule has 0 fully saturated rings. The molecule has 2 rings (SSSR count). The summed E-state index contributed by atoms with van der Waals surface area (Å²) < 4.78 is 5.04. The second kappa shape index (κ2) is 4.94. The minimum Gasteiger partial charge on any atom is -0.360 e. The Morgan fingerprint density at radius 3 is 2.81 bits per heavy atom. The maximum Gasteiger partial charge on any atom is 0.150 e. The lowest BCUT2D eigenvalue weighted by Gasteiger charge is -2.15. The lowest BCUT2D eigenvalue weighted by Crippen LogP contribution is -2.18. The van der Waals surface area contributed by atoms with Crippen LogP contribution in [0.5, 0.6) is 0 Å². The van der Waals surface area contributed by atoms with Crippen molar-refractivity contribution in [3.63, 3.8) is 0 Å². The Balaban J connectivity index is 1.98. The second-order valence-corrected chi connectivity index (χ2v) is 3.94. The molecule has 0 amide bonds. The van der Waals surface area contributed by atoms with Gasteiger partial charge in [0.05, 0.1) is 12.7 Å². The molecule has 1 aromatic carbocycles. The lowest BCUT2D eigenvalue weighted by molar-refractivity contribution is 0.366. The summed E-state index contributed by atoms with van der Waals surface area (Å²) in [6, 6.07) is 10.6. The summed E-state index contributed by atoms with van der Waals surface area (Å²) in [6.45, 7) is 4.98. The SMILES string of the molecule is Cc1ccccc1C(C)NCc1ccno1. The van der Waals surface area contributed by atoms with Crippen LogP contribution in [0.15, 0.2) is 41.1 Å². The van der Waals surface area contributed by atoms with Crippen molar-refractivity contribution in [2.24, 2.45) is 0 Å². The highest BCUT2D eigenvalue weighted by molar-refractivity contribution is 5.28. The number of rotatable bonds is 4. The normalized spacial score (nSPS) is 12.6. The van der Waals surface area contributed by atoms with Crippen LogP contribution in [0.1, 0.15) is 29.9 Å². The summed E-state index contributed by atoms with van der Waals surface area (Å²) >= 11 is 0.